The topological polar surface area (TPSA) is 87.7 Å². The van der Waals surface area contributed by atoms with Crippen molar-refractivity contribution in [3.63, 3.8) is 0 Å². The van der Waals surface area contributed by atoms with Gasteiger partial charge in [-0.3, -0.25) is 19.8 Å². The zero-order valence-electron chi connectivity index (χ0n) is 15.2. The molecule has 7 nitrogen and oxygen atoms in total. The zero-order valence-corrected chi connectivity index (χ0v) is 15.2. The summed E-state index contributed by atoms with van der Waals surface area (Å²) in [6.45, 7) is 2.04. The Morgan fingerprint density at radius 3 is 2.37 bits per heavy atom. The Balaban J connectivity index is 1.63. The maximum Gasteiger partial charge on any atom is 0.265 e. The fraction of sp³-hybridized carbons (Fsp3) is 0.250. The summed E-state index contributed by atoms with van der Waals surface area (Å²) in [7, 11) is 1.54. The van der Waals surface area contributed by atoms with Crippen LogP contribution in [0.2, 0.25) is 0 Å². The van der Waals surface area contributed by atoms with Crippen LogP contribution in [-0.2, 0) is 16.0 Å². The van der Waals surface area contributed by atoms with E-state index in [0.717, 1.165) is 16.9 Å². The molecular weight excluding hydrogens is 346 g/mol. The number of aryl methyl sites for hydroxylation is 1. The number of anilines is 1. The van der Waals surface area contributed by atoms with Crippen LogP contribution in [0.15, 0.2) is 48.5 Å². The minimum Gasteiger partial charge on any atom is -0.497 e. The number of carbonyl (C=O) groups excluding carboxylic acids is 3. The molecular formula is C20H21N3O4. The van der Waals surface area contributed by atoms with E-state index in [0.29, 0.717) is 17.0 Å². The number of nitrogens with one attached hydrogen (secondary N) is 2. The van der Waals surface area contributed by atoms with E-state index in [1.165, 1.54) is 0 Å². The molecule has 0 spiro atoms. The molecule has 0 unspecified atom stereocenters. The highest BCUT2D eigenvalue weighted by atomic mass is 16.5. The molecule has 27 heavy (non-hydrogen) atoms. The summed E-state index contributed by atoms with van der Waals surface area (Å²) in [6, 6.07) is 13.0. The highest BCUT2D eigenvalue weighted by molar-refractivity contribution is 6.22. The summed E-state index contributed by atoms with van der Waals surface area (Å²) in [5.41, 5.74) is 7.26. The maximum atomic E-state index is 12.6. The molecule has 0 radical (unpaired) electrons. The fourth-order valence-electron chi connectivity index (χ4n) is 2.86. The van der Waals surface area contributed by atoms with Crippen LogP contribution >= 0.6 is 0 Å². The number of benzene rings is 2. The molecule has 2 aromatic carbocycles. The number of nitrogens with zero attached hydrogens (tertiary/aromatic N) is 1. The first-order valence-electron chi connectivity index (χ1n) is 8.69. The monoisotopic (exact) mass is 367 g/mol. The average Bonchev–Trinajstić information content (AvgIpc) is 2.99. The lowest BCUT2D eigenvalue weighted by molar-refractivity contribution is -0.121. The van der Waals surface area contributed by atoms with Crippen LogP contribution in [0.4, 0.5) is 5.69 Å². The van der Waals surface area contributed by atoms with Crippen molar-refractivity contribution in [1.29, 1.82) is 0 Å². The molecule has 1 heterocycles. The molecule has 3 rings (SSSR count). The third-order valence-corrected chi connectivity index (χ3v) is 4.46. The second-order valence-corrected chi connectivity index (χ2v) is 6.17. The van der Waals surface area contributed by atoms with E-state index >= 15 is 0 Å². The minimum atomic E-state index is -0.807. The lowest BCUT2D eigenvalue weighted by Crippen LogP contribution is -2.48. The molecule has 140 valence electrons. The van der Waals surface area contributed by atoms with Gasteiger partial charge < -0.3 is 4.74 Å². The molecule has 0 bridgehead atoms. The van der Waals surface area contributed by atoms with Crippen LogP contribution in [0.3, 0.4) is 0 Å². The summed E-state index contributed by atoms with van der Waals surface area (Å²) in [4.78, 5) is 38.1. The average molecular weight is 367 g/mol. The summed E-state index contributed by atoms with van der Waals surface area (Å²) < 4.78 is 5.08. The van der Waals surface area contributed by atoms with Gasteiger partial charge in [-0.25, -0.2) is 10.3 Å². The Kier molecular flexibility index (Phi) is 5.52. The molecule has 0 aromatic heterocycles. The van der Waals surface area contributed by atoms with Crippen molar-refractivity contribution in [2.75, 3.05) is 12.0 Å². The number of ether oxygens (including phenoxy) is 1. The molecule has 3 amide bonds. The standard InChI is InChI=1S/C20H21N3O4/c1-3-13-4-6-14(7-5-13)19(25)22-21-17-12-18(24)23(20(17)26)15-8-10-16(27-2)11-9-15/h4-11,17,21H,3,12H2,1-2H3,(H,22,25)/t17-/m1/s1. The molecule has 1 saturated heterocycles. The Hall–Kier alpha value is -3.19. The second-order valence-electron chi connectivity index (χ2n) is 6.17. The van der Waals surface area contributed by atoms with Gasteiger partial charge in [0.15, 0.2) is 0 Å². The van der Waals surface area contributed by atoms with Gasteiger partial charge in [0, 0.05) is 5.56 Å². The largest absolute Gasteiger partial charge is 0.497 e. The molecule has 7 heteroatoms. The molecule has 1 aliphatic heterocycles. The number of rotatable bonds is 6. The van der Waals surface area contributed by atoms with E-state index < -0.39 is 11.9 Å². The van der Waals surface area contributed by atoms with Gasteiger partial charge in [-0.15, -0.1) is 0 Å². The fourth-order valence-corrected chi connectivity index (χ4v) is 2.86. The van der Waals surface area contributed by atoms with Crippen molar-refractivity contribution in [2.45, 2.75) is 25.8 Å². The van der Waals surface area contributed by atoms with Gasteiger partial charge in [-0.2, -0.15) is 0 Å². The summed E-state index contributed by atoms with van der Waals surface area (Å²) in [6.07, 6.45) is 0.861. The zero-order chi connectivity index (χ0) is 19.4. The molecule has 1 fully saturated rings. The third-order valence-electron chi connectivity index (χ3n) is 4.46. The first kappa shape index (κ1) is 18.6. The Bertz CT molecular complexity index is 847. The van der Waals surface area contributed by atoms with Crippen LogP contribution in [0.25, 0.3) is 0 Å². The highest BCUT2D eigenvalue weighted by Gasteiger charge is 2.39. The second kappa shape index (κ2) is 8.01. The molecule has 2 N–H and O–H groups in total. The third kappa shape index (κ3) is 3.98. The first-order chi connectivity index (χ1) is 13.0. The summed E-state index contributed by atoms with van der Waals surface area (Å²) in [5.74, 6) is -0.467. The van der Waals surface area contributed by atoms with Crippen molar-refractivity contribution in [2.24, 2.45) is 0 Å². The maximum absolute atomic E-state index is 12.6. The number of hydrazine groups is 1. The summed E-state index contributed by atoms with van der Waals surface area (Å²) in [5, 5.41) is 0. The smallest absolute Gasteiger partial charge is 0.265 e. The van der Waals surface area contributed by atoms with E-state index in [2.05, 4.69) is 10.9 Å². The van der Waals surface area contributed by atoms with Gasteiger partial charge in [-0.05, 0) is 48.4 Å². The van der Waals surface area contributed by atoms with Crippen LogP contribution in [0.5, 0.6) is 5.75 Å². The number of hydrogen-bond donors (Lipinski definition) is 2. The quantitative estimate of drug-likeness (QED) is 0.601. The number of carbonyl (C=O) groups is 3. The van der Waals surface area contributed by atoms with E-state index in [4.69, 9.17) is 4.74 Å². The van der Waals surface area contributed by atoms with Gasteiger partial charge in [-0.1, -0.05) is 19.1 Å². The Morgan fingerprint density at radius 2 is 1.78 bits per heavy atom. The van der Waals surface area contributed by atoms with E-state index in [9.17, 15) is 14.4 Å². The number of amides is 3. The number of imide groups is 1. The predicted octanol–water partition coefficient (Wildman–Crippen LogP) is 1.82. The molecule has 1 aliphatic rings. The van der Waals surface area contributed by atoms with Crippen molar-refractivity contribution >= 4 is 23.4 Å². The number of methoxy groups -OCH3 is 1. The van der Waals surface area contributed by atoms with Crippen LogP contribution < -0.4 is 20.5 Å². The summed E-state index contributed by atoms with van der Waals surface area (Å²) >= 11 is 0. The van der Waals surface area contributed by atoms with E-state index in [-0.39, 0.29) is 18.2 Å². The van der Waals surface area contributed by atoms with Crippen molar-refractivity contribution in [3.05, 3.63) is 59.7 Å². The molecule has 1 atom stereocenters. The SMILES string of the molecule is CCc1ccc(C(=O)NN[C@@H]2CC(=O)N(c3ccc(OC)cc3)C2=O)cc1. The van der Waals surface area contributed by atoms with Crippen LogP contribution in [0.1, 0.15) is 29.3 Å². The van der Waals surface area contributed by atoms with E-state index in [1.807, 2.05) is 19.1 Å². The Labute approximate surface area is 157 Å². The van der Waals surface area contributed by atoms with Crippen LogP contribution in [-0.4, -0.2) is 30.9 Å². The predicted molar refractivity (Wildman–Crippen MR) is 100 cm³/mol. The van der Waals surface area contributed by atoms with Crippen molar-refractivity contribution < 1.29 is 19.1 Å². The van der Waals surface area contributed by atoms with Gasteiger partial charge >= 0.3 is 0 Å². The molecule has 0 aliphatic carbocycles. The Morgan fingerprint density at radius 1 is 1.11 bits per heavy atom. The van der Waals surface area contributed by atoms with Crippen LogP contribution in [0, 0.1) is 0 Å². The molecule has 2 aromatic rings. The van der Waals surface area contributed by atoms with Crippen molar-refractivity contribution in [3.8, 4) is 5.75 Å². The first-order valence-corrected chi connectivity index (χ1v) is 8.69. The van der Waals surface area contributed by atoms with Crippen molar-refractivity contribution in [1.82, 2.24) is 10.9 Å². The van der Waals surface area contributed by atoms with E-state index in [1.54, 1.807) is 43.5 Å². The number of hydrogen-bond acceptors (Lipinski definition) is 5. The van der Waals surface area contributed by atoms with Gasteiger partial charge in [0.1, 0.15) is 11.8 Å². The lowest BCUT2D eigenvalue weighted by atomic mass is 10.1. The highest BCUT2D eigenvalue weighted by Crippen LogP contribution is 2.24. The van der Waals surface area contributed by atoms with Gasteiger partial charge in [0.2, 0.25) is 5.91 Å². The normalized spacial score (nSPS) is 16.5. The lowest BCUT2D eigenvalue weighted by Gasteiger charge is -2.16. The molecule has 0 saturated carbocycles. The van der Waals surface area contributed by atoms with Gasteiger partial charge in [0.25, 0.3) is 11.8 Å². The van der Waals surface area contributed by atoms with Gasteiger partial charge in [0.05, 0.1) is 19.2 Å². The minimum absolute atomic E-state index is 0.0279.